The Morgan fingerprint density at radius 1 is 1.06 bits per heavy atom. The molecule has 0 saturated heterocycles. The fourth-order valence-electron chi connectivity index (χ4n) is 1.77. The number of benzene rings is 1. The summed E-state index contributed by atoms with van der Waals surface area (Å²) in [6.45, 7) is 2.22. The lowest BCUT2D eigenvalue weighted by atomic mass is 10.0. The molecule has 0 aliphatic rings. The van der Waals surface area contributed by atoms with Crippen LogP contribution in [0.25, 0.3) is 0 Å². The maximum atomic E-state index is 10.9. The van der Waals surface area contributed by atoms with Crippen LogP contribution >= 0.6 is 0 Å². The van der Waals surface area contributed by atoms with E-state index in [4.69, 9.17) is 5.73 Å². The van der Waals surface area contributed by atoms with Crippen LogP contribution in [0.4, 0.5) is 0 Å². The van der Waals surface area contributed by atoms with Crippen LogP contribution in [-0.4, -0.2) is 5.91 Å². The van der Waals surface area contributed by atoms with Gasteiger partial charge in [0.05, 0.1) is 0 Å². The van der Waals surface area contributed by atoms with Crippen LogP contribution in [-0.2, 0) is 6.42 Å². The predicted octanol–water partition coefficient (Wildman–Crippen LogP) is 3.30. The summed E-state index contributed by atoms with van der Waals surface area (Å²) in [7, 11) is 0. The number of primary amides is 1. The van der Waals surface area contributed by atoms with E-state index in [2.05, 4.69) is 6.92 Å². The molecule has 0 aliphatic carbocycles. The number of amides is 1. The summed E-state index contributed by atoms with van der Waals surface area (Å²) in [5, 5.41) is 0. The molecular formula is C14H21NO. The minimum atomic E-state index is -0.352. The Morgan fingerprint density at radius 3 is 2.25 bits per heavy atom. The Labute approximate surface area is 97.9 Å². The second kappa shape index (κ2) is 7.04. The largest absolute Gasteiger partial charge is 0.366 e. The van der Waals surface area contributed by atoms with Crippen molar-refractivity contribution in [1.82, 2.24) is 0 Å². The molecule has 0 aliphatic heterocycles. The first-order chi connectivity index (χ1) is 7.74. The SMILES string of the molecule is CCCCCCCc1ccc(C(N)=O)cc1. The van der Waals surface area contributed by atoms with E-state index in [1.165, 1.54) is 37.7 Å². The third kappa shape index (κ3) is 4.47. The Balaban J connectivity index is 2.29. The van der Waals surface area contributed by atoms with Gasteiger partial charge in [-0.15, -0.1) is 0 Å². The quantitative estimate of drug-likeness (QED) is 0.702. The van der Waals surface area contributed by atoms with Gasteiger partial charge in [-0.2, -0.15) is 0 Å². The van der Waals surface area contributed by atoms with Crippen molar-refractivity contribution in [2.24, 2.45) is 5.73 Å². The highest BCUT2D eigenvalue weighted by Crippen LogP contribution is 2.10. The Bertz CT molecular complexity index is 316. The zero-order valence-electron chi connectivity index (χ0n) is 10.0. The van der Waals surface area contributed by atoms with E-state index in [0.717, 1.165) is 6.42 Å². The number of carbonyl (C=O) groups is 1. The number of hydrogen-bond acceptors (Lipinski definition) is 1. The molecule has 0 aromatic heterocycles. The van der Waals surface area contributed by atoms with E-state index < -0.39 is 0 Å². The summed E-state index contributed by atoms with van der Waals surface area (Å²) in [6, 6.07) is 7.62. The molecule has 2 nitrogen and oxygen atoms in total. The fourth-order valence-corrected chi connectivity index (χ4v) is 1.77. The number of nitrogens with two attached hydrogens (primary N) is 1. The topological polar surface area (TPSA) is 43.1 Å². The standard InChI is InChI=1S/C14H21NO/c1-2-3-4-5-6-7-12-8-10-13(11-9-12)14(15)16/h8-11H,2-7H2,1H3,(H2,15,16). The molecular weight excluding hydrogens is 198 g/mol. The summed E-state index contributed by atoms with van der Waals surface area (Å²) in [5.74, 6) is -0.352. The van der Waals surface area contributed by atoms with Crippen molar-refractivity contribution >= 4 is 5.91 Å². The zero-order chi connectivity index (χ0) is 11.8. The first kappa shape index (κ1) is 12.8. The summed E-state index contributed by atoms with van der Waals surface area (Å²) in [5.41, 5.74) is 7.07. The second-order valence-corrected chi connectivity index (χ2v) is 4.23. The summed E-state index contributed by atoms with van der Waals surface area (Å²) < 4.78 is 0. The maximum Gasteiger partial charge on any atom is 0.248 e. The molecule has 1 amide bonds. The van der Waals surface area contributed by atoms with Gasteiger partial charge in [-0.3, -0.25) is 4.79 Å². The van der Waals surface area contributed by atoms with E-state index in [1.54, 1.807) is 0 Å². The van der Waals surface area contributed by atoms with Crippen molar-refractivity contribution in [3.8, 4) is 0 Å². The van der Waals surface area contributed by atoms with Gasteiger partial charge in [-0.05, 0) is 30.5 Å². The highest BCUT2D eigenvalue weighted by Gasteiger charge is 1.99. The van der Waals surface area contributed by atoms with E-state index in [0.29, 0.717) is 5.56 Å². The normalized spacial score (nSPS) is 10.3. The predicted molar refractivity (Wildman–Crippen MR) is 67.4 cm³/mol. The lowest BCUT2D eigenvalue weighted by molar-refractivity contribution is 0.100. The molecule has 0 saturated carbocycles. The molecule has 0 atom stereocenters. The van der Waals surface area contributed by atoms with Crippen molar-refractivity contribution in [1.29, 1.82) is 0 Å². The lowest BCUT2D eigenvalue weighted by Crippen LogP contribution is -2.10. The van der Waals surface area contributed by atoms with Crippen molar-refractivity contribution in [2.45, 2.75) is 45.4 Å². The fraction of sp³-hybridized carbons (Fsp3) is 0.500. The van der Waals surface area contributed by atoms with Gasteiger partial charge in [0, 0.05) is 5.56 Å². The van der Waals surface area contributed by atoms with Gasteiger partial charge in [0.25, 0.3) is 0 Å². The van der Waals surface area contributed by atoms with Gasteiger partial charge in [0.15, 0.2) is 0 Å². The van der Waals surface area contributed by atoms with Crippen molar-refractivity contribution in [3.63, 3.8) is 0 Å². The van der Waals surface area contributed by atoms with Gasteiger partial charge >= 0.3 is 0 Å². The van der Waals surface area contributed by atoms with Crippen LogP contribution < -0.4 is 5.73 Å². The molecule has 0 fully saturated rings. The van der Waals surface area contributed by atoms with Gasteiger partial charge < -0.3 is 5.73 Å². The minimum absolute atomic E-state index is 0.352. The summed E-state index contributed by atoms with van der Waals surface area (Å²) >= 11 is 0. The van der Waals surface area contributed by atoms with E-state index in [1.807, 2.05) is 24.3 Å². The van der Waals surface area contributed by atoms with Crippen LogP contribution in [0.2, 0.25) is 0 Å². The van der Waals surface area contributed by atoms with Gasteiger partial charge in [0.1, 0.15) is 0 Å². The first-order valence-electron chi connectivity index (χ1n) is 6.12. The molecule has 1 aromatic rings. The average Bonchev–Trinajstić information content (AvgIpc) is 2.29. The van der Waals surface area contributed by atoms with E-state index >= 15 is 0 Å². The Hall–Kier alpha value is -1.31. The number of hydrogen-bond donors (Lipinski definition) is 1. The van der Waals surface area contributed by atoms with Crippen molar-refractivity contribution < 1.29 is 4.79 Å². The molecule has 2 N–H and O–H groups in total. The molecule has 0 bridgehead atoms. The van der Waals surface area contributed by atoms with Gasteiger partial charge in [-0.25, -0.2) is 0 Å². The summed E-state index contributed by atoms with van der Waals surface area (Å²) in [6.07, 6.45) is 7.58. The van der Waals surface area contributed by atoms with E-state index in [-0.39, 0.29) is 5.91 Å². The highest BCUT2D eigenvalue weighted by molar-refractivity contribution is 5.92. The van der Waals surface area contributed by atoms with Gasteiger partial charge in [0.2, 0.25) is 5.91 Å². The van der Waals surface area contributed by atoms with Crippen LogP contribution in [0.5, 0.6) is 0 Å². The van der Waals surface area contributed by atoms with Crippen LogP contribution in [0.15, 0.2) is 24.3 Å². The molecule has 0 radical (unpaired) electrons. The third-order valence-corrected chi connectivity index (χ3v) is 2.81. The molecule has 16 heavy (non-hydrogen) atoms. The average molecular weight is 219 g/mol. The molecule has 2 heteroatoms. The van der Waals surface area contributed by atoms with Crippen molar-refractivity contribution in [3.05, 3.63) is 35.4 Å². The highest BCUT2D eigenvalue weighted by atomic mass is 16.1. The number of carbonyl (C=O) groups excluding carboxylic acids is 1. The number of rotatable bonds is 7. The molecule has 0 unspecified atom stereocenters. The molecule has 1 aromatic carbocycles. The van der Waals surface area contributed by atoms with E-state index in [9.17, 15) is 4.79 Å². The minimum Gasteiger partial charge on any atom is -0.366 e. The maximum absolute atomic E-state index is 10.9. The first-order valence-corrected chi connectivity index (χ1v) is 6.12. The molecule has 0 spiro atoms. The third-order valence-electron chi connectivity index (χ3n) is 2.81. The van der Waals surface area contributed by atoms with Gasteiger partial charge in [-0.1, -0.05) is 44.7 Å². The van der Waals surface area contributed by atoms with Crippen LogP contribution in [0.1, 0.15) is 54.9 Å². The van der Waals surface area contributed by atoms with Crippen LogP contribution in [0, 0.1) is 0 Å². The Kier molecular flexibility index (Phi) is 5.62. The smallest absolute Gasteiger partial charge is 0.248 e. The number of unbranched alkanes of at least 4 members (excludes halogenated alkanes) is 4. The molecule has 0 heterocycles. The zero-order valence-corrected chi connectivity index (χ0v) is 10.0. The lowest BCUT2D eigenvalue weighted by Gasteiger charge is -2.02. The number of aryl methyl sites for hydroxylation is 1. The Morgan fingerprint density at radius 2 is 1.69 bits per heavy atom. The van der Waals surface area contributed by atoms with Crippen LogP contribution in [0.3, 0.4) is 0 Å². The monoisotopic (exact) mass is 219 g/mol. The molecule has 1 rings (SSSR count). The summed E-state index contributed by atoms with van der Waals surface area (Å²) in [4.78, 5) is 10.9. The van der Waals surface area contributed by atoms with Crippen molar-refractivity contribution in [2.75, 3.05) is 0 Å². The second-order valence-electron chi connectivity index (χ2n) is 4.23. The molecule has 88 valence electrons.